The van der Waals surface area contributed by atoms with Gasteiger partial charge in [0.15, 0.2) is 0 Å². The molecule has 1 saturated carbocycles. The van der Waals surface area contributed by atoms with E-state index in [0.29, 0.717) is 0 Å². The molecule has 0 saturated heterocycles. The molecule has 1 rings (SSSR count). The Morgan fingerprint density at radius 2 is 2.12 bits per heavy atom. The minimum absolute atomic E-state index is 0. The van der Waals surface area contributed by atoms with Crippen molar-refractivity contribution in [3.63, 3.8) is 0 Å². The normalized spacial score (nSPS) is 17.6. The van der Waals surface area contributed by atoms with Gasteiger partial charge in [0.1, 0.15) is 0 Å². The molecule has 0 atom stereocenters. The fourth-order valence-electron chi connectivity index (χ4n) is 0.449. The van der Waals surface area contributed by atoms with Crippen molar-refractivity contribution in [2.24, 2.45) is 5.92 Å². The zero-order valence-corrected chi connectivity index (χ0v) is 4.52. The van der Waals surface area contributed by atoms with Crippen molar-refractivity contribution in [1.29, 1.82) is 0 Å². The lowest BCUT2D eigenvalue weighted by Gasteiger charge is -1.92. The van der Waals surface area contributed by atoms with Gasteiger partial charge in [0.05, 0.1) is 13.7 Å². The largest absolute Gasteiger partial charge is 0.240 e. The average molecular weight is 118 g/mol. The lowest BCUT2D eigenvalue weighted by Crippen LogP contribution is -1.92. The minimum atomic E-state index is 0. The van der Waals surface area contributed by atoms with Crippen molar-refractivity contribution in [3.8, 4) is 0 Å². The molecule has 1 aliphatic carbocycles. The van der Waals surface area contributed by atoms with E-state index >= 15 is 0 Å². The van der Waals surface area contributed by atoms with Crippen LogP contribution in [0.3, 0.4) is 0 Å². The molecule has 0 bridgehead atoms. The molecule has 1 aliphatic rings. The van der Waals surface area contributed by atoms with Gasteiger partial charge in [-0.1, -0.05) is 7.43 Å². The molecule has 0 unspecified atom stereocenters. The average Bonchev–Trinajstić information content (AvgIpc) is 2.42. The van der Waals surface area contributed by atoms with Gasteiger partial charge in [-0.15, -0.1) is 0 Å². The SMILES string of the molecule is C.COOCC1CC1. The number of rotatable bonds is 3. The number of hydrogen-bond donors (Lipinski definition) is 0. The molecule has 0 heterocycles. The Labute approximate surface area is 50.7 Å². The maximum atomic E-state index is 4.66. The summed E-state index contributed by atoms with van der Waals surface area (Å²) < 4.78 is 0. The first-order valence-electron chi connectivity index (χ1n) is 2.59. The quantitative estimate of drug-likeness (QED) is 0.414. The van der Waals surface area contributed by atoms with Gasteiger partial charge in [-0.05, 0) is 18.8 Å². The topological polar surface area (TPSA) is 18.5 Å². The van der Waals surface area contributed by atoms with Crippen molar-refractivity contribution >= 4 is 0 Å². The smallest absolute Gasteiger partial charge is 0.0850 e. The zero-order valence-electron chi connectivity index (χ0n) is 4.52. The van der Waals surface area contributed by atoms with Crippen molar-refractivity contribution in [3.05, 3.63) is 0 Å². The predicted molar refractivity (Wildman–Crippen MR) is 32.4 cm³/mol. The lowest BCUT2D eigenvalue weighted by atomic mass is 10.5. The Kier molecular flexibility index (Phi) is 3.83. The van der Waals surface area contributed by atoms with Crippen LogP contribution in [0.4, 0.5) is 0 Å². The Bertz CT molecular complexity index is 50.5. The second kappa shape index (κ2) is 3.87. The molecule has 0 spiro atoms. The van der Waals surface area contributed by atoms with E-state index in [0.717, 1.165) is 12.5 Å². The van der Waals surface area contributed by atoms with E-state index in [1.807, 2.05) is 0 Å². The van der Waals surface area contributed by atoms with E-state index in [4.69, 9.17) is 0 Å². The monoisotopic (exact) mass is 118 g/mol. The Balaban J connectivity index is 0.000000490. The second-order valence-corrected chi connectivity index (χ2v) is 1.89. The lowest BCUT2D eigenvalue weighted by molar-refractivity contribution is -0.275. The van der Waals surface area contributed by atoms with Crippen molar-refractivity contribution in [2.75, 3.05) is 13.7 Å². The van der Waals surface area contributed by atoms with Crippen molar-refractivity contribution in [1.82, 2.24) is 0 Å². The Hall–Kier alpha value is -0.0800. The zero-order chi connectivity index (χ0) is 5.11. The third kappa shape index (κ3) is 2.99. The van der Waals surface area contributed by atoms with Gasteiger partial charge < -0.3 is 0 Å². The molecule has 8 heavy (non-hydrogen) atoms. The van der Waals surface area contributed by atoms with Crippen LogP contribution in [0.15, 0.2) is 0 Å². The van der Waals surface area contributed by atoms with Crippen LogP contribution in [0.5, 0.6) is 0 Å². The van der Waals surface area contributed by atoms with Crippen LogP contribution in [0.1, 0.15) is 20.3 Å². The first-order chi connectivity index (χ1) is 3.43. The first kappa shape index (κ1) is 7.92. The van der Waals surface area contributed by atoms with Crippen molar-refractivity contribution < 1.29 is 9.78 Å². The molecule has 0 aromatic carbocycles. The third-order valence-corrected chi connectivity index (χ3v) is 1.12. The number of hydrogen-bond acceptors (Lipinski definition) is 2. The van der Waals surface area contributed by atoms with E-state index < -0.39 is 0 Å². The highest BCUT2D eigenvalue weighted by molar-refractivity contribution is 4.71. The standard InChI is InChI=1S/C5H10O2.CH4/c1-6-7-4-5-2-3-5;/h5H,2-4H2,1H3;1H4. The maximum Gasteiger partial charge on any atom is 0.0850 e. The maximum absolute atomic E-state index is 4.66. The van der Waals surface area contributed by atoms with Gasteiger partial charge in [-0.2, -0.15) is 0 Å². The van der Waals surface area contributed by atoms with E-state index in [1.54, 1.807) is 7.11 Å². The molecule has 0 amide bonds. The third-order valence-electron chi connectivity index (χ3n) is 1.12. The molecule has 2 heteroatoms. The fourth-order valence-corrected chi connectivity index (χ4v) is 0.449. The summed E-state index contributed by atoms with van der Waals surface area (Å²) in [6.07, 6.45) is 2.65. The van der Waals surface area contributed by atoms with Crippen LogP contribution < -0.4 is 0 Å². The highest BCUT2D eigenvalue weighted by Crippen LogP contribution is 2.28. The molecule has 0 N–H and O–H groups in total. The summed E-state index contributed by atoms with van der Waals surface area (Å²) in [5, 5.41) is 0. The molecule has 1 fully saturated rings. The summed E-state index contributed by atoms with van der Waals surface area (Å²) in [4.78, 5) is 9.05. The molecule has 0 aliphatic heterocycles. The van der Waals surface area contributed by atoms with E-state index in [1.165, 1.54) is 12.8 Å². The van der Waals surface area contributed by atoms with Gasteiger partial charge in [0.25, 0.3) is 0 Å². The predicted octanol–water partition coefficient (Wildman–Crippen LogP) is 1.61. The van der Waals surface area contributed by atoms with E-state index in [-0.39, 0.29) is 7.43 Å². The Morgan fingerprint density at radius 3 is 2.50 bits per heavy atom. The van der Waals surface area contributed by atoms with Gasteiger partial charge in [-0.25, -0.2) is 9.78 Å². The first-order valence-corrected chi connectivity index (χ1v) is 2.59. The van der Waals surface area contributed by atoms with Crippen LogP contribution in [0.25, 0.3) is 0 Å². The highest BCUT2D eigenvalue weighted by atomic mass is 17.2. The van der Waals surface area contributed by atoms with E-state index in [9.17, 15) is 0 Å². The van der Waals surface area contributed by atoms with Gasteiger partial charge in [0.2, 0.25) is 0 Å². The summed E-state index contributed by atoms with van der Waals surface area (Å²) in [6, 6.07) is 0. The van der Waals surface area contributed by atoms with Crippen LogP contribution in [-0.4, -0.2) is 13.7 Å². The van der Waals surface area contributed by atoms with Crippen LogP contribution in [0, 0.1) is 5.92 Å². The molecular formula is C6H14O2. The van der Waals surface area contributed by atoms with Crippen LogP contribution in [0.2, 0.25) is 0 Å². The van der Waals surface area contributed by atoms with E-state index in [2.05, 4.69) is 9.78 Å². The Morgan fingerprint density at radius 1 is 1.50 bits per heavy atom. The molecule has 0 aromatic heterocycles. The minimum Gasteiger partial charge on any atom is -0.240 e. The van der Waals surface area contributed by atoms with Gasteiger partial charge in [-0.3, -0.25) is 0 Å². The summed E-state index contributed by atoms with van der Waals surface area (Å²) in [5.41, 5.74) is 0. The molecule has 2 nitrogen and oxygen atoms in total. The van der Waals surface area contributed by atoms with Crippen LogP contribution >= 0.6 is 0 Å². The molecule has 50 valence electrons. The molecule has 0 radical (unpaired) electrons. The van der Waals surface area contributed by atoms with Crippen molar-refractivity contribution in [2.45, 2.75) is 20.3 Å². The molecule has 0 aromatic rings. The van der Waals surface area contributed by atoms with Gasteiger partial charge >= 0.3 is 0 Å². The summed E-state index contributed by atoms with van der Waals surface area (Å²) >= 11 is 0. The second-order valence-electron chi connectivity index (χ2n) is 1.89. The van der Waals surface area contributed by atoms with Crippen LogP contribution in [-0.2, 0) is 9.78 Å². The fraction of sp³-hybridized carbons (Fsp3) is 1.00. The highest BCUT2D eigenvalue weighted by Gasteiger charge is 2.21. The molecular weight excluding hydrogens is 104 g/mol. The van der Waals surface area contributed by atoms with Gasteiger partial charge in [0, 0.05) is 0 Å². The summed E-state index contributed by atoms with van der Waals surface area (Å²) in [6.45, 7) is 0.788. The summed E-state index contributed by atoms with van der Waals surface area (Å²) in [7, 11) is 1.54. The summed E-state index contributed by atoms with van der Waals surface area (Å²) in [5.74, 6) is 0.806.